The molecule has 0 fully saturated rings. The number of hydrogen-bond donors (Lipinski definition) is 0. The Kier molecular flexibility index (Phi) is 3.32. The fourth-order valence-electron chi connectivity index (χ4n) is 1.52. The Bertz CT molecular complexity index is 446. The summed E-state index contributed by atoms with van der Waals surface area (Å²) in [6, 6.07) is 15.2. The van der Waals surface area contributed by atoms with Gasteiger partial charge in [0.05, 0.1) is 0 Å². The predicted octanol–water partition coefficient (Wildman–Crippen LogP) is 4.59. The van der Waals surface area contributed by atoms with Crippen molar-refractivity contribution in [3.63, 3.8) is 0 Å². The predicted molar refractivity (Wildman–Crippen MR) is 69.5 cm³/mol. The van der Waals surface area contributed by atoms with Crippen LogP contribution in [0, 0.1) is 5.92 Å². The summed E-state index contributed by atoms with van der Waals surface area (Å²) < 4.78 is 0. The van der Waals surface area contributed by atoms with E-state index >= 15 is 0 Å². The first-order valence-corrected chi connectivity index (χ1v) is 6.36. The first-order valence-electron chi connectivity index (χ1n) is 5.37. The van der Waals surface area contributed by atoms with Gasteiger partial charge < -0.3 is 0 Å². The van der Waals surface area contributed by atoms with Crippen molar-refractivity contribution in [2.75, 3.05) is 5.75 Å². The van der Waals surface area contributed by atoms with Crippen LogP contribution in [0.1, 0.15) is 13.8 Å². The molecule has 0 aliphatic rings. The van der Waals surface area contributed by atoms with Gasteiger partial charge in [-0.1, -0.05) is 44.2 Å². The molecule has 0 aliphatic heterocycles. The van der Waals surface area contributed by atoms with E-state index in [1.165, 1.54) is 21.4 Å². The van der Waals surface area contributed by atoms with E-state index in [9.17, 15) is 0 Å². The molecule has 2 aromatic carbocycles. The zero-order valence-electron chi connectivity index (χ0n) is 9.23. The van der Waals surface area contributed by atoms with E-state index in [1.807, 2.05) is 11.8 Å². The highest BCUT2D eigenvalue weighted by Crippen LogP contribution is 2.24. The van der Waals surface area contributed by atoms with E-state index in [0.717, 1.165) is 5.92 Å². The van der Waals surface area contributed by atoms with Crippen molar-refractivity contribution in [2.24, 2.45) is 5.92 Å². The van der Waals surface area contributed by atoms with Crippen LogP contribution in [-0.4, -0.2) is 5.75 Å². The molecule has 0 amide bonds. The van der Waals surface area contributed by atoms with Crippen molar-refractivity contribution in [1.29, 1.82) is 0 Å². The lowest BCUT2D eigenvalue weighted by Gasteiger charge is -2.05. The normalized spacial score (nSPS) is 11.1. The Morgan fingerprint density at radius 1 is 1.00 bits per heavy atom. The fraction of sp³-hybridized carbons (Fsp3) is 0.286. The van der Waals surface area contributed by atoms with Gasteiger partial charge in [0.1, 0.15) is 0 Å². The standard InChI is InChI=1S/C14H16S/c1-11(2)10-15-14-8-7-12-5-3-4-6-13(12)9-14/h3-9,11H,10H2,1-2H3. The van der Waals surface area contributed by atoms with E-state index in [1.54, 1.807) is 0 Å². The lowest BCUT2D eigenvalue weighted by Crippen LogP contribution is -1.89. The van der Waals surface area contributed by atoms with Crippen LogP contribution < -0.4 is 0 Å². The highest BCUT2D eigenvalue weighted by molar-refractivity contribution is 7.99. The minimum absolute atomic E-state index is 0.751. The number of fused-ring (bicyclic) bond motifs is 1. The lowest BCUT2D eigenvalue weighted by molar-refractivity contribution is 0.750. The number of thioether (sulfide) groups is 1. The van der Waals surface area contributed by atoms with E-state index in [-0.39, 0.29) is 0 Å². The van der Waals surface area contributed by atoms with Gasteiger partial charge >= 0.3 is 0 Å². The summed E-state index contributed by atoms with van der Waals surface area (Å²) in [5.74, 6) is 1.94. The van der Waals surface area contributed by atoms with Crippen LogP contribution in [-0.2, 0) is 0 Å². The molecule has 0 atom stereocenters. The third-order valence-corrected chi connectivity index (χ3v) is 3.72. The molecule has 0 nitrogen and oxygen atoms in total. The quantitative estimate of drug-likeness (QED) is 0.676. The molecular weight excluding hydrogens is 200 g/mol. The maximum atomic E-state index is 2.28. The van der Waals surface area contributed by atoms with Crippen molar-refractivity contribution >= 4 is 22.5 Å². The minimum atomic E-state index is 0.751. The molecule has 0 bridgehead atoms. The molecule has 0 N–H and O–H groups in total. The average Bonchev–Trinajstić information content (AvgIpc) is 2.26. The van der Waals surface area contributed by atoms with Crippen LogP contribution >= 0.6 is 11.8 Å². The van der Waals surface area contributed by atoms with Crippen molar-refractivity contribution < 1.29 is 0 Å². The molecule has 0 saturated heterocycles. The SMILES string of the molecule is CC(C)CSc1ccc2ccccc2c1. The summed E-state index contributed by atoms with van der Waals surface area (Å²) in [5, 5.41) is 2.66. The summed E-state index contributed by atoms with van der Waals surface area (Å²) in [6.45, 7) is 4.52. The van der Waals surface area contributed by atoms with Crippen molar-refractivity contribution in [3.8, 4) is 0 Å². The summed E-state index contributed by atoms with van der Waals surface area (Å²) in [5.41, 5.74) is 0. The van der Waals surface area contributed by atoms with Crippen LogP contribution in [0.15, 0.2) is 47.4 Å². The van der Waals surface area contributed by atoms with Crippen LogP contribution in [0.2, 0.25) is 0 Å². The second kappa shape index (κ2) is 4.71. The summed E-state index contributed by atoms with van der Waals surface area (Å²) >= 11 is 1.94. The molecule has 78 valence electrons. The van der Waals surface area contributed by atoms with Crippen LogP contribution in [0.25, 0.3) is 10.8 Å². The van der Waals surface area contributed by atoms with Gasteiger partial charge in [-0.25, -0.2) is 0 Å². The third-order valence-electron chi connectivity index (χ3n) is 2.30. The second-order valence-electron chi connectivity index (χ2n) is 4.21. The topological polar surface area (TPSA) is 0 Å². The zero-order chi connectivity index (χ0) is 10.7. The van der Waals surface area contributed by atoms with Gasteiger partial charge in [-0.15, -0.1) is 11.8 Å². The molecule has 0 saturated carbocycles. The fourth-order valence-corrected chi connectivity index (χ4v) is 2.42. The van der Waals surface area contributed by atoms with Crippen molar-refractivity contribution in [1.82, 2.24) is 0 Å². The number of benzene rings is 2. The van der Waals surface area contributed by atoms with E-state index in [0.29, 0.717) is 0 Å². The van der Waals surface area contributed by atoms with Crippen molar-refractivity contribution in [2.45, 2.75) is 18.7 Å². The molecule has 2 rings (SSSR count). The number of hydrogen-bond acceptors (Lipinski definition) is 1. The summed E-state index contributed by atoms with van der Waals surface area (Å²) in [6.07, 6.45) is 0. The van der Waals surface area contributed by atoms with Crippen LogP contribution in [0.5, 0.6) is 0 Å². The Balaban J connectivity index is 2.23. The van der Waals surface area contributed by atoms with Gasteiger partial charge in [-0.2, -0.15) is 0 Å². The Morgan fingerprint density at radius 2 is 1.73 bits per heavy atom. The van der Waals surface area contributed by atoms with Gasteiger partial charge in [0.25, 0.3) is 0 Å². The van der Waals surface area contributed by atoms with Gasteiger partial charge in [0.15, 0.2) is 0 Å². The van der Waals surface area contributed by atoms with Gasteiger partial charge in [0, 0.05) is 10.6 Å². The molecule has 0 aromatic heterocycles. The maximum Gasteiger partial charge on any atom is 0.00784 e. The summed E-state index contributed by atoms with van der Waals surface area (Å²) in [4.78, 5) is 1.38. The Morgan fingerprint density at radius 3 is 2.47 bits per heavy atom. The third kappa shape index (κ3) is 2.75. The molecule has 2 aromatic rings. The lowest BCUT2D eigenvalue weighted by atomic mass is 10.1. The zero-order valence-corrected chi connectivity index (χ0v) is 10.1. The molecular formula is C14H16S. The van der Waals surface area contributed by atoms with Crippen LogP contribution in [0.3, 0.4) is 0 Å². The first kappa shape index (κ1) is 10.6. The molecule has 0 spiro atoms. The Labute approximate surface area is 95.7 Å². The largest absolute Gasteiger partial charge is 0.126 e. The molecule has 0 heterocycles. The summed E-state index contributed by atoms with van der Waals surface area (Å²) in [7, 11) is 0. The van der Waals surface area contributed by atoms with Gasteiger partial charge in [0.2, 0.25) is 0 Å². The van der Waals surface area contributed by atoms with E-state index < -0.39 is 0 Å². The highest BCUT2D eigenvalue weighted by atomic mass is 32.2. The van der Waals surface area contributed by atoms with Crippen molar-refractivity contribution in [3.05, 3.63) is 42.5 Å². The molecule has 0 unspecified atom stereocenters. The van der Waals surface area contributed by atoms with Gasteiger partial charge in [-0.05, 0) is 28.8 Å². The maximum absolute atomic E-state index is 2.28. The highest BCUT2D eigenvalue weighted by Gasteiger charge is 1.98. The molecule has 15 heavy (non-hydrogen) atoms. The number of rotatable bonds is 3. The monoisotopic (exact) mass is 216 g/mol. The average molecular weight is 216 g/mol. The van der Waals surface area contributed by atoms with E-state index in [4.69, 9.17) is 0 Å². The Hall–Kier alpha value is -0.950. The second-order valence-corrected chi connectivity index (χ2v) is 5.31. The molecule has 0 radical (unpaired) electrons. The van der Waals surface area contributed by atoms with Gasteiger partial charge in [-0.3, -0.25) is 0 Å². The first-order chi connectivity index (χ1) is 7.25. The molecule has 0 aliphatic carbocycles. The van der Waals surface area contributed by atoms with Crippen LogP contribution in [0.4, 0.5) is 0 Å². The van der Waals surface area contributed by atoms with E-state index in [2.05, 4.69) is 56.3 Å². The smallest absolute Gasteiger partial charge is 0.00784 e. The molecule has 1 heteroatoms. The minimum Gasteiger partial charge on any atom is -0.126 e.